The number of rotatable bonds is 7. The Hall–Kier alpha value is -2.87. The molecule has 2 aromatic heterocycles. The Morgan fingerprint density at radius 2 is 1.71 bits per heavy atom. The van der Waals surface area contributed by atoms with Crippen molar-refractivity contribution < 1.29 is 14.0 Å². The van der Waals surface area contributed by atoms with Gasteiger partial charge in [-0.15, -0.1) is 10.2 Å². The number of aromatic nitrogens is 3. The molecule has 7 nitrogen and oxygen atoms in total. The van der Waals surface area contributed by atoms with Crippen LogP contribution in [0.25, 0.3) is 11.6 Å². The zero-order valence-corrected chi connectivity index (χ0v) is 18.0. The number of benzene rings is 1. The van der Waals surface area contributed by atoms with Crippen molar-refractivity contribution in [3.63, 3.8) is 0 Å². The SMILES string of the molecule is O=C1c2ccccc2C(=O)N1CCCSc1nnc(-c2ccco2)n1C1CCCCC1. The molecule has 1 saturated carbocycles. The predicted octanol–water partition coefficient (Wildman–Crippen LogP) is 4.82. The number of fused-ring (bicyclic) bond motifs is 1. The van der Waals surface area contributed by atoms with Crippen LogP contribution in [0.1, 0.15) is 65.3 Å². The third-order valence-electron chi connectivity index (χ3n) is 5.98. The topological polar surface area (TPSA) is 81.2 Å². The van der Waals surface area contributed by atoms with Crippen LogP contribution >= 0.6 is 11.8 Å². The Morgan fingerprint density at radius 1 is 0.968 bits per heavy atom. The van der Waals surface area contributed by atoms with Crippen molar-refractivity contribution in [1.82, 2.24) is 19.7 Å². The van der Waals surface area contributed by atoms with Gasteiger partial charge < -0.3 is 4.42 Å². The molecule has 0 saturated heterocycles. The Bertz CT molecular complexity index is 1050. The minimum absolute atomic E-state index is 0.198. The van der Waals surface area contributed by atoms with Gasteiger partial charge in [-0.25, -0.2) is 0 Å². The van der Waals surface area contributed by atoms with E-state index in [1.807, 2.05) is 12.1 Å². The van der Waals surface area contributed by atoms with Gasteiger partial charge in [0.1, 0.15) is 0 Å². The van der Waals surface area contributed by atoms with E-state index in [0.717, 1.165) is 35.3 Å². The summed E-state index contributed by atoms with van der Waals surface area (Å²) in [5.74, 6) is 1.86. The lowest BCUT2D eigenvalue weighted by atomic mass is 9.95. The van der Waals surface area contributed by atoms with Crippen molar-refractivity contribution in [2.75, 3.05) is 12.3 Å². The van der Waals surface area contributed by atoms with Gasteiger partial charge in [0, 0.05) is 18.3 Å². The van der Waals surface area contributed by atoms with Crippen LogP contribution < -0.4 is 0 Å². The lowest BCUT2D eigenvalue weighted by Crippen LogP contribution is -2.31. The third kappa shape index (κ3) is 3.80. The van der Waals surface area contributed by atoms with Crippen molar-refractivity contribution >= 4 is 23.6 Å². The van der Waals surface area contributed by atoms with E-state index in [2.05, 4.69) is 14.8 Å². The van der Waals surface area contributed by atoms with Crippen LogP contribution in [0.5, 0.6) is 0 Å². The summed E-state index contributed by atoms with van der Waals surface area (Å²) >= 11 is 1.63. The molecule has 0 N–H and O–H groups in total. The van der Waals surface area contributed by atoms with Gasteiger partial charge in [-0.05, 0) is 43.5 Å². The fourth-order valence-corrected chi connectivity index (χ4v) is 5.38. The zero-order valence-electron chi connectivity index (χ0n) is 17.2. The fourth-order valence-electron chi connectivity index (χ4n) is 4.45. The third-order valence-corrected chi connectivity index (χ3v) is 7.01. The fraction of sp³-hybridized carbons (Fsp3) is 0.391. The summed E-state index contributed by atoms with van der Waals surface area (Å²) in [4.78, 5) is 26.4. The van der Waals surface area contributed by atoms with E-state index in [9.17, 15) is 9.59 Å². The molecule has 160 valence electrons. The number of carbonyl (C=O) groups excluding carboxylic acids is 2. The van der Waals surface area contributed by atoms with Crippen LogP contribution in [0.15, 0.2) is 52.2 Å². The monoisotopic (exact) mass is 436 g/mol. The molecule has 0 bridgehead atoms. The summed E-state index contributed by atoms with van der Waals surface area (Å²) in [5.41, 5.74) is 1.00. The van der Waals surface area contributed by atoms with Crippen molar-refractivity contribution in [3.05, 3.63) is 53.8 Å². The van der Waals surface area contributed by atoms with Gasteiger partial charge in [-0.2, -0.15) is 0 Å². The molecule has 8 heteroatoms. The van der Waals surface area contributed by atoms with Crippen LogP contribution in [0.4, 0.5) is 0 Å². The first-order valence-electron chi connectivity index (χ1n) is 10.8. The first-order valence-corrected chi connectivity index (χ1v) is 11.8. The molecule has 2 aliphatic rings. The van der Waals surface area contributed by atoms with Crippen molar-refractivity contribution in [2.45, 2.75) is 49.7 Å². The number of amides is 2. The van der Waals surface area contributed by atoms with E-state index in [4.69, 9.17) is 4.42 Å². The second-order valence-corrected chi connectivity index (χ2v) is 9.02. The first-order chi connectivity index (χ1) is 15.2. The molecular weight excluding hydrogens is 412 g/mol. The van der Waals surface area contributed by atoms with Crippen LogP contribution in [0.3, 0.4) is 0 Å². The number of nitrogens with zero attached hydrogens (tertiary/aromatic N) is 4. The van der Waals surface area contributed by atoms with Gasteiger partial charge in [0.05, 0.1) is 17.4 Å². The maximum Gasteiger partial charge on any atom is 0.261 e. The molecule has 0 atom stereocenters. The molecule has 1 fully saturated rings. The summed E-state index contributed by atoms with van der Waals surface area (Å²) < 4.78 is 7.82. The molecule has 0 unspecified atom stereocenters. The van der Waals surface area contributed by atoms with Gasteiger partial charge in [0.25, 0.3) is 11.8 Å². The molecule has 1 aromatic carbocycles. The molecular formula is C23H24N4O3S. The molecule has 0 spiro atoms. The minimum atomic E-state index is -0.198. The Labute approximate surface area is 184 Å². The molecule has 1 aliphatic carbocycles. The minimum Gasteiger partial charge on any atom is -0.461 e. The Morgan fingerprint density at radius 3 is 2.39 bits per heavy atom. The Balaban J connectivity index is 1.26. The molecule has 2 amide bonds. The summed E-state index contributed by atoms with van der Waals surface area (Å²) in [6.45, 7) is 0.405. The number of thioether (sulfide) groups is 1. The summed E-state index contributed by atoms with van der Waals surface area (Å²) in [6.07, 6.45) is 8.29. The highest BCUT2D eigenvalue weighted by atomic mass is 32.2. The summed E-state index contributed by atoms with van der Waals surface area (Å²) in [6, 6.07) is 11.2. The van der Waals surface area contributed by atoms with Gasteiger partial charge in [0.15, 0.2) is 10.9 Å². The van der Waals surface area contributed by atoms with Crippen molar-refractivity contribution in [3.8, 4) is 11.6 Å². The number of hydrogen-bond donors (Lipinski definition) is 0. The number of hydrogen-bond acceptors (Lipinski definition) is 6. The van der Waals surface area contributed by atoms with E-state index in [0.29, 0.717) is 30.1 Å². The highest BCUT2D eigenvalue weighted by Gasteiger charge is 2.34. The van der Waals surface area contributed by atoms with E-state index in [1.54, 1.807) is 42.3 Å². The smallest absolute Gasteiger partial charge is 0.261 e. The largest absolute Gasteiger partial charge is 0.461 e. The molecule has 31 heavy (non-hydrogen) atoms. The predicted molar refractivity (Wildman–Crippen MR) is 117 cm³/mol. The lowest BCUT2D eigenvalue weighted by molar-refractivity contribution is 0.0655. The lowest BCUT2D eigenvalue weighted by Gasteiger charge is -2.25. The average Bonchev–Trinajstić information content (AvgIpc) is 3.53. The first kappa shape index (κ1) is 20.1. The highest BCUT2D eigenvalue weighted by Crippen LogP contribution is 2.36. The van der Waals surface area contributed by atoms with Gasteiger partial charge >= 0.3 is 0 Å². The second kappa shape index (κ2) is 8.70. The van der Waals surface area contributed by atoms with E-state index in [-0.39, 0.29) is 11.8 Å². The number of carbonyl (C=O) groups is 2. The van der Waals surface area contributed by atoms with E-state index >= 15 is 0 Å². The highest BCUT2D eigenvalue weighted by molar-refractivity contribution is 7.99. The average molecular weight is 437 g/mol. The maximum atomic E-state index is 12.5. The van der Waals surface area contributed by atoms with Crippen molar-refractivity contribution in [2.24, 2.45) is 0 Å². The molecule has 5 rings (SSSR count). The maximum absolute atomic E-state index is 12.5. The molecule has 3 heterocycles. The van der Waals surface area contributed by atoms with Gasteiger partial charge in [0.2, 0.25) is 5.82 Å². The van der Waals surface area contributed by atoms with Crippen LogP contribution in [-0.2, 0) is 0 Å². The van der Waals surface area contributed by atoms with Crippen LogP contribution in [-0.4, -0.2) is 43.8 Å². The van der Waals surface area contributed by atoms with Gasteiger partial charge in [-0.3, -0.25) is 19.1 Å². The Kier molecular flexibility index (Phi) is 5.63. The second-order valence-electron chi connectivity index (χ2n) is 7.95. The molecule has 0 radical (unpaired) electrons. The van der Waals surface area contributed by atoms with E-state index < -0.39 is 0 Å². The quantitative estimate of drug-likeness (QED) is 0.300. The summed E-state index contributed by atoms with van der Waals surface area (Å²) in [7, 11) is 0. The van der Waals surface area contributed by atoms with Crippen molar-refractivity contribution in [1.29, 1.82) is 0 Å². The van der Waals surface area contributed by atoms with Crippen LogP contribution in [0, 0.1) is 0 Å². The number of furan rings is 1. The van der Waals surface area contributed by atoms with E-state index in [1.165, 1.54) is 24.2 Å². The zero-order chi connectivity index (χ0) is 21.2. The summed E-state index contributed by atoms with van der Waals surface area (Å²) in [5, 5.41) is 9.74. The molecule has 3 aromatic rings. The molecule has 1 aliphatic heterocycles. The number of imide groups is 1. The van der Waals surface area contributed by atoms with Crippen LogP contribution in [0.2, 0.25) is 0 Å². The normalized spacial score (nSPS) is 16.8. The van der Waals surface area contributed by atoms with Gasteiger partial charge in [-0.1, -0.05) is 43.2 Å². The standard InChI is InChI=1S/C23H24N4O3S/c28-21-17-10-4-5-11-18(17)22(29)26(21)13-7-15-31-23-25-24-20(19-12-6-14-30-19)27(23)16-8-2-1-3-9-16/h4-6,10-12,14,16H,1-3,7-9,13,15H2.